The van der Waals surface area contributed by atoms with E-state index in [4.69, 9.17) is 9.40 Å². The molecule has 0 unspecified atom stereocenters. The second-order valence-corrected chi connectivity index (χ2v) is 30.3. The van der Waals surface area contributed by atoms with Crippen LogP contribution in [0.3, 0.4) is 0 Å². The normalized spacial score (nSPS) is 11.8. The fraction of sp³-hybridized carbons (Fsp3) is 0.224. The number of hydrogen-bond acceptors (Lipinski definition) is 3. The molecule has 0 atom stereocenters. The van der Waals surface area contributed by atoms with Crippen molar-refractivity contribution in [1.82, 2.24) is 9.55 Å². The van der Waals surface area contributed by atoms with Crippen LogP contribution in [0.25, 0.3) is 72.4 Å². The molecule has 0 aliphatic carbocycles. The first kappa shape index (κ1) is 48.0. The van der Waals surface area contributed by atoms with E-state index in [1.807, 2.05) is 65.4 Å². The quantitative estimate of drug-likeness (QED) is 0.0908. The molecule has 9 aromatic rings. The van der Waals surface area contributed by atoms with Crippen LogP contribution in [-0.4, -0.2) is 22.8 Å². The average molecular weight is 1110 g/mol. The molecule has 6 aromatic carbocycles. The van der Waals surface area contributed by atoms with Crippen molar-refractivity contribution in [3.8, 4) is 45.5 Å². The van der Waals surface area contributed by atoms with E-state index in [2.05, 4.69) is 151 Å². The van der Waals surface area contributed by atoms with E-state index in [9.17, 15) is 5.26 Å². The smallest absolute Gasteiger partial charge is 0.343 e. The maximum Gasteiger partial charge on any atom is 3.00 e. The summed E-state index contributed by atoms with van der Waals surface area (Å²) in [6.45, 7) is 19.7. The molecule has 0 radical (unpaired) electrons. The monoisotopic (exact) mass is 1110 g/mol. The van der Waals surface area contributed by atoms with Crippen molar-refractivity contribution in [2.75, 3.05) is 0 Å². The SMILES string of the molecule is CC(C)c1cc(-c2cc[c]([Ge]([CH3])([CH3])[CH3])cc2)cc(C(C)C)c1-n1c(-c2[c-]ccc3c2oc2c(F)c(C#N)ccc23)nc2ccccc21.[CH2-]c1ccccc1-c1cc(C(C)(C)C)cc[n+]1[CH2-].[Ir+3]. The molecular weight excluding hydrogens is 1050 g/mol. The maximum atomic E-state index is 15.4. The fourth-order valence-corrected chi connectivity index (χ4v) is 11.0. The van der Waals surface area contributed by atoms with Crippen molar-refractivity contribution in [2.45, 2.75) is 83.0 Å². The topological polar surface area (TPSA) is 58.6 Å². The van der Waals surface area contributed by atoms with Gasteiger partial charge in [-0.2, -0.15) is 23.8 Å². The number of halogens is 1. The fourth-order valence-electron chi connectivity index (χ4n) is 8.59. The molecule has 0 N–H and O–H groups in total. The predicted octanol–water partition coefficient (Wildman–Crippen LogP) is 14.6. The molecule has 0 amide bonds. The summed E-state index contributed by atoms with van der Waals surface area (Å²) < 4.78 is 27.2. The van der Waals surface area contributed by atoms with Gasteiger partial charge in [-0.15, -0.1) is 29.8 Å². The molecule has 9 rings (SSSR count). The molecule has 334 valence electrons. The molecule has 0 fully saturated rings. The number of imidazole rings is 1. The number of benzene rings is 6. The second-order valence-electron chi connectivity index (χ2n) is 19.7. The number of hydrogen-bond donors (Lipinski definition) is 0. The van der Waals surface area contributed by atoms with Crippen LogP contribution in [-0.2, 0) is 25.5 Å². The molecule has 0 bridgehead atoms. The summed E-state index contributed by atoms with van der Waals surface area (Å²) in [4.78, 5) is 5.18. The van der Waals surface area contributed by atoms with Crippen LogP contribution in [0.2, 0.25) is 17.3 Å². The first-order valence-electron chi connectivity index (χ1n) is 22.4. The Hall–Kier alpha value is -5.91. The van der Waals surface area contributed by atoms with Gasteiger partial charge in [0.2, 0.25) is 0 Å². The Kier molecular flexibility index (Phi) is 13.7. The summed E-state index contributed by atoms with van der Waals surface area (Å²) in [5.41, 5.74) is 13.6. The van der Waals surface area contributed by atoms with Gasteiger partial charge in [0.15, 0.2) is 11.4 Å². The minimum absolute atomic E-state index is 0. The number of furan rings is 1. The molecule has 3 aromatic heterocycles. The summed E-state index contributed by atoms with van der Waals surface area (Å²) in [6, 6.07) is 46.8. The van der Waals surface area contributed by atoms with Gasteiger partial charge in [-0.05, 0) is 11.5 Å². The molecular formula is C58H57FGeIrN4O+. The number of pyridine rings is 1. The largest absolute Gasteiger partial charge is 3.00 e. The number of fused-ring (bicyclic) bond motifs is 4. The summed E-state index contributed by atoms with van der Waals surface area (Å²) in [5, 5.41) is 10.8. The van der Waals surface area contributed by atoms with Crippen molar-refractivity contribution in [3.05, 3.63) is 181 Å². The molecule has 66 heavy (non-hydrogen) atoms. The van der Waals surface area contributed by atoms with Crippen LogP contribution >= 0.6 is 0 Å². The van der Waals surface area contributed by atoms with Gasteiger partial charge in [-0.25, -0.2) is 4.39 Å². The van der Waals surface area contributed by atoms with Gasteiger partial charge in [-0.3, -0.25) is 0 Å². The van der Waals surface area contributed by atoms with Crippen molar-refractivity contribution in [3.63, 3.8) is 0 Å². The van der Waals surface area contributed by atoms with Gasteiger partial charge >= 0.3 is 221 Å². The van der Waals surface area contributed by atoms with Gasteiger partial charge in [0, 0.05) is 12.4 Å². The number of nitrogens with zero attached hydrogens (tertiary/aromatic N) is 4. The number of aromatic nitrogens is 3. The zero-order valence-electron chi connectivity index (χ0n) is 39.6. The maximum absolute atomic E-state index is 15.4. The van der Waals surface area contributed by atoms with E-state index < -0.39 is 19.1 Å². The zero-order valence-corrected chi connectivity index (χ0v) is 44.1. The van der Waals surface area contributed by atoms with E-state index >= 15 is 4.39 Å². The molecule has 0 saturated carbocycles. The Labute approximate surface area is 406 Å². The Balaban J connectivity index is 0.000000287. The van der Waals surface area contributed by atoms with Gasteiger partial charge in [0.1, 0.15) is 6.07 Å². The van der Waals surface area contributed by atoms with E-state index in [1.165, 1.54) is 38.3 Å². The standard InChI is InChI=1S/C41H37FGeN3O.C17H20N.Ir/c1-24(2)33-21-28(26-15-18-29(19-16-26)43(5,6)7)22-34(25(3)4)38(33)46-36-14-9-8-13-35(36)45-41(46)32-12-10-11-30-31-20-17-27(23-44)37(42)40(31)47-39(30)32;1-13-8-6-7-9-15(13)16-12-14(17(2,3)4)10-11-18(16)5;/h8-11,13-22,24-25H,1-7H3;6-12H,1,5H2,2-4H3;/q2*-1;+3. The molecule has 0 saturated heterocycles. The van der Waals surface area contributed by atoms with E-state index in [0.717, 1.165) is 38.9 Å². The first-order chi connectivity index (χ1) is 30.9. The third kappa shape index (κ3) is 9.12. The molecule has 0 aliphatic heterocycles. The van der Waals surface area contributed by atoms with Crippen LogP contribution in [0.1, 0.15) is 88.1 Å². The second kappa shape index (κ2) is 18.8. The van der Waals surface area contributed by atoms with Crippen molar-refractivity contribution < 1.29 is 33.5 Å². The number of nitriles is 1. The summed E-state index contributed by atoms with van der Waals surface area (Å²) in [7, 11) is 4.05. The van der Waals surface area contributed by atoms with E-state index in [-0.39, 0.29) is 48.5 Å². The van der Waals surface area contributed by atoms with Gasteiger partial charge < -0.3 is 8.98 Å². The van der Waals surface area contributed by atoms with Gasteiger partial charge in [0.25, 0.3) is 0 Å². The Morgan fingerprint density at radius 1 is 0.803 bits per heavy atom. The Morgan fingerprint density at radius 3 is 2.06 bits per heavy atom. The third-order valence-corrected chi connectivity index (χ3v) is 16.7. The van der Waals surface area contributed by atoms with Crippen LogP contribution < -0.4 is 8.96 Å². The average Bonchev–Trinajstić information content (AvgIpc) is 3.85. The minimum atomic E-state index is -1.94. The van der Waals surface area contributed by atoms with E-state index in [1.54, 1.807) is 6.07 Å². The van der Waals surface area contributed by atoms with Crippen LogP contribution in [0.4, 0.5) is 4.39 Å². The molecule has 5 nitrogen and oxygen atoms in total. The Bertz CT molecular complexity index is 3260. The van der Waals surface area contributed by atoms with Gasteiger partial charge in [-0.1, -0.05) is 62.1 Å². The zero-order chi connectivity index (χ0) is 46.5. The van der Waals surface area contributed by atoms with Crippen molar-refractivity contribution >= 4 is 50.6 Å². The third-order valence-electron chi connectivity index (χ3n) is 12.4. The minimum Gasteiger partial charge on any atom is -0.343 e. The van der Waals surface area contributed by atoms with Crippen LogP contribution in [0.5, 0.6) is 0 Å². The summed E-state index contributed by atoms with van der Waals surface area (Å²) in [6.07, 6.45) is 2.02. The molecule has 0 spiro atoms. The van der Waals surface area contributed by atoms with Crippen molar-refractivity contribution in [2.24, 2.45) is 0 Å². The summed E-state index contributed by atoms with van der Waals surface area (Å²) >= 11 is -1.94. The molecule has 0 aliphatic rings. The summed E-state index contributed by atoms with van der Waals surface area (Å²) in [5.74, 6) is 7.72. The molecule has 8 heteroatoms. The van der Waals surface area contributed by atoms with Crippen LogP contribution in [0, 0.1) is 37.2 Å². The first-order valence-corrected chi connectivity index (χ1v) is 29.7. The van der Waals surface area contributed by atoms with Crippen molar-refractivity contribution in [1.29, 1.82) is 5.26 Å². The Morgan fingerprint density at radius 2 is 1.44 bits per heavy atom. The number of rotatable bonds is 7. The number of para-hydroxylation sites is 2. The van der Waals surface area contributed by atoms with E-state index in [0.29, 0.717) is 22.4 Å². The predicted molar refractivity (Wildman–Crippen MR) is 270 cm³/mol. The van der Waals surface area contributed by atoms with Crippen LogP contribution in [0.15, 0.2) is 132 Å². The van der Waals surface area contributed by atoms with Gasteiger partial charge in [0.05, 0.1) is 17.5 Å². The molecule has 3 heterocycles.